The molecule has 2 N–H and O–H groups in total. The lowest BCUT2D eigenvalue weighted by Gasteiger charge is -2.12. The molecule has 2 nitrogen and oxygen atoms in total. The minimum atomic E-state index is 0.167. The molecular weight excluding hydrogens is 258 g/mol. The fourth-order valence-corrected chi connectivity index (χ4v) is 2.69. The lowest BCUT2D eigenvalue weighted by molar-refractivity contribution is 0.414. The predicted molar refractivity (Wildman–Crippen MR) is 91.8 cm³/mol. The summed E-state index contributed by atoms with van der Waals surface area (Å²) in [5.41, 5.74) is 7.46. The highest BCUT2D eigenvalue weighted by Gasteiger charge is 2.05. The number of benzene rings is 1. The van der Waals surface area contributed by atoms with Crippen LogP contribution in [0.15, 0.2) is 24.3 Å². The summed E-state index contributed by atoms with van der Waals surface area (Å²) < 4.78 is 5.17. The molecule has 1 atom stereocenters. The van der Waals surface area contributed by atoms with E-state index in [9.17, 15) is 0 Å². The molecule has 0 bridgehead atoms. The summed E-state index contributed by atoms with van der Waals surface area (Å²) in [6, 6.07) is 8.31. The minimum absolute atomic E-state index is 0.167. The van der Waals surface area contributed by atoms with E-state index in [-0.39, 0.29) is 6.04 Å². The Kier molecular flexibility index (Phi) is 9.98. The zero-order chi connectivity index (χ0) is 15.3. The second-order valence-corrected chi connectivity index (χ2v) is 6.00. The van der Waals surface area contributed by atoms with Crippen LogP contribution in [0.4, 0.5) is 0 Å². The maximum Gasteiger partial charge on any atom is 0.118 e. The molecular formula is C19H33NO. The zero-order valence-corrected chi connectivity index (χ0v) is 13.9. The monoisotopic (exact) mass is 291 g/mol. The van der Waals surface area contributed by atoms with Gasteiger partial charge in [0.2, 0.25) is 0 Å². The van der Waals surface area contributed by atoms with E-state index in [0.717, 1.165) is 12.2 Å². The highest BCUT2D eigenvalue weighted by Crippen LogP contribution is 2.21. The van der Waals surface area contributed by atoms with Crippen LogP contribution < -0.4 is 10.5 Å². The summed E-state index contributed by atoms with van der Waals surface area (Å²) in [6.45, 7) is 2.27. The molecule has 2 heteroatoms. The van der Waals surface area contributed by atoms with Crippen molar-refractivity contribution >= 4 is 0 Å². The summed E-state index contributed by atoms with van der Waals surface area (Å²) >= 11 is 0. The summed E-state index contributed by atoms with van der Waals surface area (Å²) in [4.78, 5) is 0. The summed E-state index contributed by atoms with van der Waals surface area (Å²) in [5, 5.41) is 0. The van der Waals surface area contributed by atoms with Gasteiger partial charge in [0.1, 0.15) is 5.75 Å². The first-order valence-corrected chi connectivity index (χ1v) is 8.67. The van der Waals surface area contributed by atoms with E-state index in [4.69, 9.17) is 10.5 Å². The van der Waals surface area contributed by atoms with Gasteiger partial charge in [-0.1, -0.05) is 76.8 Å². The van der Waals surface area contributed by atoms with Gasteiger partial charge in [-0.3, -0.25) is 0 Å². The van der Waals surface area contributed by atoms with Crippen molar-refractivity contribution in [1.29, 1.82) is 0 Å². The average molecular weight is 291 g/mol. The van der Waals surface area contributed by atoms with Crippen molar-refractivity contribution in [2.24, 2.45) is 5.73 Å². The molecule has 0 radical (unpaired) electrons. The number of ether oxygens (including phenoxy) is 1. The first-order chi connectivity index (χ1) is 10.3. The number of rotatable bonds is 12. The normalized spacial score (nSPS) is 12.3. The fourth-order valence-electron chi connectivity index (χ4n) is 2.69. The van der Waals surface area contributed by atoms with Crippen molar-refractivity contribution < 1.29 is 4.74 Å². The quantitative estimate of drug-likeness (QED) is 0.507. The first-order valence-electron chi connectivity index (χ1n) is 8.67. The van der Waals surface area contributed by atoms with E-state index in [1.165, 1.54) is 63.4 Å². The van der Waals surface area contributed by atoms with Crippen LogP contribution in [-0.4, -0.2) is 7.11 Å². The fraction of sp³-hybridized carbons (Fsp3) is 0.684. The van der Waals surface area contributed by atoms with E-state index in [2.05, 4.69) is 19.1 Å². The molecule has 0 fully saturated rings. The van der Waals surface area contributed by atoms with Crippen molar-refractivity contribution in [1.82, 2.24) is 0 Å². The summed E-state index contributed by atoms with van der Waals surface area (Å²) in [7, 11) is 1.69. The second kappa shape index (κ2) is 11.6. The van der Waals surface area contributed by atoms with E-state index in [1.54, 1.807) is 7.11 Å². The van der Waals surface area contributed by atoms with Crippen LogP contribution in [0.25, 0.3) is 0 Å². The van der Waals surface area contributed by atoms with Gasteiger partial charge in [0.15, 0.2) is 0 Å². The van der Waals surface area contributed by atoms with Crippen molar-refractivity contribution in [2.75, 3.05) is 7.11 Å². The Morgan fingerprint density at radius 2 is 1.38 bits per heavy atom. The van der Waals surface area contributed by atoms with Crippen LogP contribution in [0, 0.1) is 0 Å². The Bertz CT molecular complexity index is 347. The summed E-state index contributed by atoms with van der Waals surface area (Å²) in [5.74, 6) is 0.897. The van der Waals surface area contributed by atoms with Gasteiger partial charge in [-0.25, -0.2) is 0 Å². The number of methoxy groups -OCH3 is 1. The van der Waals surface area contributed by atoms with E-state index in [0.29, 0.717) is 0 Å². The maximum atomic E-state index is 6.24. The molecule has 120 valence electrons. The van der Waals surface area contributed by atoms with Crippen LogP contribution in [0.3, 0.4) is 0 Å². The molecule has 0 spiro atoms. The molecule has 1 aromatic carbocycles. The van der Waals surface area contributed by atoms with Gasteiger partial charge in [-0.05, 0) is 24.1 Å². The Labute approximate surface area is 131 Å². The van der Waals surface area contributed by atoms with Crippen molar-refractivity contribution in [3.63, 3.8) is 0 Å². The Hall–Kier alpha value is -1.02. The maximum absolute atomic E-state index is 6.24. The first kappa shape index (κ1) is 18.0. The molecule has 1 aromatic rings. The Morgan fingerprint density at radius 1 is 0.857 bits per heavy atom. The van der Waals surface area contributed by atoms with Crippen LogP contribution >= 0.6 is 0 Å². The highest BCUT2D eigenvalue weighted by atomic mass is 16.5. The van der Waals surface area contributed by atoms with Crippen molar-refractivity contribution in [3.05, 3.63) is 29.8 Å². The van der Waals surface area contributed by atoms with Gasteiger partial charge < -0.3 is 10.5 Å². The third kappa shape index (κ3) is 8.11. The molecule has 21 heavy (non-hydrogen) atoms. The van der Waals surface area contributed by atoms with Crippen molar-refractivity contribution in [3.8, 4) is 5.75 Å². The Morgan fingerprint density at radius 3 is 1.90 bits per heavy atom. The van der Waals surface area contributed by atoms with Gasteiger partial charge >= 0.3 is 0 Å². The minimum Gasteiger partial charge on any atom is -0.497 e. The number of hydrogen-bond acceptors (Lipinski definition) is 2. The molecule has 1 unspecified atom stereocenters. The van der Waals surface area contributed by atoms with Gasteiger partial charge in [-0.15, -0.1) is 0 Å². The van der Waals surface area contributed by atoms with Crippen LogP contribution in [0.5, 0.6) is 5.75 Å². The molecule has 0 heterocycles. The third-order valence-electron chi connectivity index (χ3n) is 4.16. The lowest BCUT2D eigenvalue weighted by Crippen LogP contribution is -2.09. The molecule has 1 rings (SSSR count). The second-order valence-electron chi connectivity index (χ2n) is 6.00. The molecule has 0 aliphatic carbocycles. The van der Waals surface area contributed by atoms with Crippen LogP contribution in [0.1, 0.15) is 82.7 Å². The number of unbranched alkanes of at least 4 members (excludes halogenated alkanes) is 8. The summed E-state index contributed by atoms with van der Waals surface area (Å²) in [6.07, 6.45) is 13.4. The largest absolute Gasteiger partial charge is 0.497 e. The number of nitrogens with two attached hydrogens (primary N) is 1. The molecule has 0 aliphatic heterocycles. The molecule has 0 aromatic heterocycles. The van der Waals surface area contributed by atoms with E-state index < -0.39 is 0 Å². The molecule has 0 aliphatic rings. The molecule has 0 saturated heterocycles. The zero-order valence-electron chi connectivity index (χ0n) is 13.9. The van der Waals surface area contributed by atoms with E-state index >= 15 is 0 Å². The van der Waals surface area contributed by atoms with Gasteiger partial charge in [0.25, 0.3) is 0 Å². The number of hydrogen-bond donors (Lipinski definition) is 1. The molecule has 0 saturated carbocycles. The van der Waals surface area contributed by atoms with Crippen LogP contribution in [-0.2, 0) is 0 Å². The van der Waals surface area contributed by atoms with Gasteiger partial charge in [-0.2, -0.15) is 0 Å². The van der Waals surface area contributed by atoms with Crippen molar-refractivity contribution in [2.45, 2.75) is 77.2 Å². The average Bonchev–Trinajstić information content (AvgIpc) is 2.53. The topological polar surface area (TPSA) is 35.2 Å². The Balaban J connectivity index is 2.03. The van der Waals surface area contributed by atoms with Gasteiger partial charge in [0.05, 0.1) is 7.11 Å². The third-order valence-corrected chi connectivity index (χ3v) is 4.16. The lowest BCUT2D eigenvalue weighted by atomic mass is 10.00. The van der Waals surface area contributed by atoms with Crippen LogP contribution in [0.2, 0.25) is 0 Å². The van der Waals surface area contributed by atoms with E-state index in [1.807, 2.05) is 12.1 Å². The smallest absolute Gasteiger partial charge is 0.118 e. The highest BCUT2D eigenvalue weighted by molar-refractivity contribution is 5.28. The SMILES string of the molecule is CCCCCCCCCCCC(N)c1ccc(OC)cc1. The predicted octanol–water partition coefficient (Wildman–Crippen LogP) is 5.62. The molecule has 0 amide bonds. The standard InChI is InChI=1S/C19H33NO/c1-3-4-5-6-7-8-9-10-11-12-19(20)17-13-15-18(21-2)16-14-17/h13-16,19H,3-12,20H2,1-2H3. The van der Waals surface area contributed by atoms with Gasteiger partial charge in [0, 0.05) is 6.04 Å².